The average molecular weight is 342 g/mol. The highest BCUT2D eigenvalue weighted by Gasteiger charge is 2.35. The molecule has 8 nitrogen and oxygen atoms in total. The van der Waals surface area contributed by atoms with Crippen LogP contribution >= 0.6 is 11.3 Å². The fraction of sp³-hybridized carbons (Fsp3) is 0.417. The van der Waals surface area contributed by atoms with Gasteiger partial charge < -0.3 is 4.42 Å². The minimum atomic E-state index is -3.62. The third-order valence-corrected chi connectivity index (χ3v) is 5.32. The van der Waals surface area contributed by atoms with E-state index in [9.17, 15) is 13.2 Å². The summed E-state index contributed by atoms with van der Waals surface area (Å²) in [6.07, 6.45) is 0.103. The minimum absolute atomic E-state index is 0.0877. The summed E-state index contributed by atoms with van der Waals surface area (Å²) < 4.78 is 27.8. The standard InChI is InChI=1S/C12H14N4O4S2/c1-7-2-3-21-10(7)11-14-15-12(20-11)16-5-8(4-9(16)17)6-22(13,18)19/h2-3,8H,4-6H2,1H3,(H2,13,18,19). The number of aromatic nitrogens is 2. The topological polar surface area (TPSA) is 119 Å². The van der Waals surface area contributed by atoms with Gasteiger partial charge in [0.25, 0.3) is 5.89 Å². The molecule has 1 fully saturated rings. The molecule has 3 rings (SSSR count). The van der Waals surface area contributed by atoms with Gasteiger partial charge in [-0.3, -0.25) is 9.69 Å². The van der Waals surface area contributed by atoms with Crippen molar-refractivity contribution in [3.63, 3.8) is 0 Å². The number of hydrogen-bond acceptors (Lipinski definition) is 7. The molecule has 0 bridgehead atoms. The zero-order chi connectivity index (χ0) is 15.9. The summed E-state index contributed by atoms with van der Waals surface area (Å²) in [6, 6.07) is 2.03. The molecule has 0 radical (unpaired) electrons. The predicted octanol–water partition coefficient (Wildman–Crippen LogP) is 0.748. The fourth-order valence-electron chi connectivity index (χ4n) is 2.41. The molecule has 1 unspecified atom stereocenters. The van der Waals surface area contributed by atoms with Gasteiger partial charge in [0.1, 0.15) is 0 Å². The molecule has 0 saturated carbocycles. The summed E-state index contributed by atoms with van der Waals surface area (Å²) in [5.41, 5.74) is 1.01. The van der Waals surface area contributed by atoms with Crippen LogP contribution in [0.25, 0.3) is 10.8 Å². The molecule has 1 atom stereocenters. The van der Waals surface area contributed by atoms with Crippen molar-refractivity contribution in [1.29, 1.82) is 0 Å². The van der Waals surface area contributed by atoms with Crippen molar-refractivity contribution in [2.45, 2.75) is 13.3 Å². The second-order valence-corrected chi connectivity index (χ2v) is 7.80. The van der Waals surface area contributed by atoms with Gasteiger partial charge in [-0.25, -0.2) is 13.6 Å². The van der Waals surface area contributed by atoms with E-state index in [1.807, 2.05) is 18.4 Å². The molecule has 0 aromatic carbocycles. The molecule has 2 aromatic heterocycles. The molecule has 0 spiro atoms. The van der Waals surface area contributed by atoms with Crippen LogP contribution in [0.15, 0.2) is 15.9 Å². The monoisotopic (exact) mass is 342 g/mol. The van der Waals surface area contributed by atoms with Crippen LogP contribution in [0.1, 0.15) is 12.0 Å². The molecule has 2 N–H and O–H groups in total. The Kier molecular flexibility index (Phi) is 3.75. The van der Waals surface area contributed by atoms with Crippen molar-refractivity contribution >= 4 is 33.3 Å². The Morgan fingerprint density at radius 1 is 1.50 bits per heavy atom. The highest BCUT2D eigenvalue weighted by Crippen LogP contribution is 2.31. The highest BCUT2D eigenvalue weighted by atomic mass is 32.2. The summed E-state index contributed by atoms with van der Waals surface area (Å²) in [5, 5.41) is 14.8. The number of nitrogens with two attached hydrogens (primary N) is 1. The first-order chi connectivity index (χ1) is 10.3. The maximum Gasteiger partial charge on any atom is 0.325 e. The van der Waals surface area contributed by atoms with E-state index in [0.29, 0.717) is 5.89 Å². The van der Waals surface area contributed by atoms with Crippen molar-refractivity contribution in [3.05, 3.63) is 17.0 Å². The quantitative estimate of drug-likeness (QED) is 0.875. The van der Waals surface area contributed by atoms with E-state index in [2.05, 4.69) is 10.2 Å². The van der Waals surface area contributed by atoms with Gasteiger partial charge in [-0.1, -0.05) is 5.10 Å². The van der Waals surface area contributed by atoms with Crippen LogP contribution in [0.2, 0.25) is 0 Å². The van der Waals surface area contributed by atoms with Crippen LogP contribution in [0.4, 0.5) is 6.01 Å². The fourth-order valence-corrected chi connectivity index (χ4v) is 4.14. The largest absolute Gasteiger partial charge is 0.402 e. The van der Waals surface area contributed by atoms with E-state index in [-0.39, 0.29) is 36.6 Å². The van der Waals surface area contributed by atoms with Crippen molar-refractivity contribution in [2.75, 3.05) is 17.2 Å². The van der Waals surface area contributed by atoms with Gasteiger partial charge in [0.2, 0.25) is 15.9 Å². The SMILES string of the molecule is Cc1ccsc1-c1nnc(N2CC(CS(N)(=O)=O)CC2=O)o1. The van der Waals surface area contributed by atoms with Crippen molar-refractivity contribution in [3.8, 4) is 10.8 Å². The van der Waals surface area contributed by atoms with E-state index >= 15 is 0 Å². The molecular formula is C12H14N4O4S2. The Labute approximate surface area is 131 Å². The first kappa shape index (κ1) is 15.1. The summed E-state index contributed by atoms with van der Waals surface area (Å²) in [5.74, 6) is -0.487. The molecule has 0 aliphatic carbocycles. The van der Waals surface area contributed by atoms with E-state index < -0.39 is 10.0 Å². The summed E-state index contributed by atoms with van der Waals surface area (Å²) in [6.45, 7) is 2.14. The molecule has 3 heterocycles. The number of primary sulfonamides is 1. The summed E-state index contributed by atoms with van der Waals surface area (Å²) in [4.78, 5) is 14.2. The van der Waals surface area contributed by atoms with E-state index in [0.717, 1.165) is 10.4 Å². The van der Waals surface area contributed by atoms with Crippen molar-refractivity contribution in [2.24, 2.45) is 11.1 Å². The summed E-state index contributed by atoms with van der Waals surface area (Å²) in [7, 11) is -3.62. The number of carbonyl (C=O) groups excluding carboxylic acids is 1. The van der Waals surface area contributed by atoms with E-state index in [4.69, 9.17) is 9.56 Å². The van der Waals surface area contributed by atoms with Crippen LogP contribution < -0.4 is 10.0 Å². The van der Waals surface area contributed by atoms with Crippen LogP contribution in [-0.4, -0.2) is 36.8 Å². The molecule has 1 aliphatic rings. The second kappa shape index (κ2) is 5.45. The van der Waals surface area contributed by atoms with E-state index in [1.54, 1.807) is 0 Å². The average Bonchev–Trinajstić information content (AvgIpc) is 3.07. The number of rotatable bonds is 4. The number of amides is 1. The third-order valence-electron chi connectivity index (χ3n) is 3.37. The van der Waals surface area contributed by atoms with Crippen LogP contribution in [0, 0.1) is 12.8 Å². The van der Waals surface area contributed by atoms with Gasteiger partial charge in [-0.05, 0) is 23.9 Å². The Hall–Kier alpha value is -1.78. The second-order valence-electron chi connectivity index (χ2n) is 5.23. The number of nitrogens with zero attached hydrogens (tertiary/aromatic N) is 3. The zero-order valence-electron chi connectivity index (χ0n) is 11.7. The Morgan fingerprint density at radius 2 is 2.27 bits per heavy atom. The molecule has 1 amide bonds. The van der Waals surface area contributed by atoms with Gasteiger partial charge in [0, 0.05) is 18.9 Å². The molecule has 2 aromatic rings. The molecule has 22 heavy (non-hydrogen) atoms. The maximum absolute atomic E-state index is 12.0. The lowest BCUT2D eigenvalue weighted by molar-refractivity contribution is -0.117. The highest BCUT2D eigenvalue weighted by molar-refractivity contribution is 7.89. The number of sulfonamides is 1. The minimum Gasteiger partial charge on any atom is -0.402 e. The van der Waals surface area contributed by atoms with Crippen molar-refractivity contribution in [1.82, 2.24) is 10.2 Å². The molecule has 10 heteroatoms. The lowest BCUT2D eigenvalue weighted by atomic mass is 10.1. The van der Waals surface area contributed by atoms with Gasteiger partial charge in [-0.2, -0.15) is 0 Å². The lowest BCUT2D eigenvalue weighted by Crippen LogP contribution is -2.27. The number of hydrogen-bond donors (Lipinski definition) is 1. The number of carbonyl (C=O) groups is 1. The van der Waals surface area contributed by atoms with Gasteiger partial charge in [0.05, 0.1) is 10.6 Å². The van der Waals surface area contributed by atoms with Crippen LogP contribution in [0.5, 0.6) is 0 Å². The smallest absolute Gasteiger partial charge is 0.325 e. The Bertz CT molecular complexity index is 811. The summed E-state index contributed by atoms with van der Waals surface area (Å²) >= 11 is 1.47. The lowest BCUT2D eigenvalue weighted by Gasteiger charge is -2.10. The zero-order valence-corrected chi connectivity index (χ0v) is 13.4. The molecule has 1 saturated heterocycles. The molecule has 118 valence electrons. The van der Waals surface area contributed by atoms with Crippen molar-refractivity contribution < 1.29 is 17.6 Å². The Balaban J connectivity index is 1.79. The molecular weight excluding hydrogens is 328 g/mol. The predicted molar refractivity (Wildman–Crippen MR) is 80.8 cm³/mol. The van der Waals surface area contributed by atoms with Crippen LogP contribution in [0.3, 0.4) is 0 Å². The maximum atomic E-state index is 12.0. The first-order valence-corrected chi connectivity index (χ1v) is 9.12. The first-order valence-electron chi connectivity index (χ1n) is 6.52. The third kappa shape index (κ3) is 3.03. The number of anilines is 1. The normalized spacial score (nSPS) is 19.1. The number of thiophene rings is 1. The van der Waals surface area contributed by atoms with E-state index in [1.165, 1.54) is 16.2 Å². The van der Waals surface area contributed by atoms with Gasteiger partial charge in [0.15, 0.2) is 0 Å². The molecule has 1 aliphatic heterocycles. The van der Waals surface area contributed by atoms with Gasteiger partial charge in [-0.15, -0.1) is 16.4 Å². The Morgan fingerprint density at radius 3 is 2.91 bits per heavy atom. The van der Waals surface area contributed by atoms with Crippen LogP contribution in [-0.2, 0) is 14.8 Å². The van der Waals surface area contributed by atoms with Gasteiger partial charge >= 0.3 is 6.01 Å². The number of aryl methyl sites for hydroxylation is 1.